The molecule has 0 radical (unpaired) electrons. The highest BCUT2D eigenvalue weighted by Crippen LogP contribution is 2.08. The first-order valence-corrected chi connectivity index (χ1v) is 7.06. The predicted molar refractivity (Wildman–Crippen MR) is 79.6 cm³/mol. The van der Waals surface area contributed by atoms with Crippen molar-refractivity contribution in [2.24, 2.45) is 5.92 Å². The number of amides is 1. The zero-order valence-electron chi connectivity index (χ0n) is 12.4. The molecule has 1 atom stereocenters. The van der Waals surface area contributed by atoms with Crippen molar-refractivity contribution in [2.45, 2.75) is 12.8 Å². The van der Waals surface area contributed by atoms with Crippen LogP contribution >= 0.6 is 0 Å². The molecule has 0 aliphatic rings. The molecule has 0 saturated carbocycles. The average molecular weight is 290 g/mol. The van der Waals surface area contributed by atoms with E-state index in [9.17, 15) is 4.79 Å². The molecule has 0 aromatic heterocycles. The van der Waals surface area contributed by atoms with E-state index in [2.05, 4.69) is 11.4 Å². The van der Waals surface area contributed by atoms with E-state index in [0.29, 0.717) is 32.8 Å². The zero-order chi connectivity index (χ0) is 15.3. The summed E-state index contributed by atoms with van der Waals surface area (Å²) >= 11 is 0. The summed E-state index contributed by atoms with van der Waals surface area (Å²) in [6.45, 7) is 2.21. The largest absolute Gasteiger partial charge is 0.382 e. The van der Waals surface area contributed by atoms with E-state index >= 15 is 0 Å². The maximum absolute atomic E-state index is 11.9. The summed E-state index contributed by atoms with van der Waals surface area (Å²) in [7, 11) is 1.62. The van der Waals surface area contributed by atoms with Gasteiger partial charge in [-0.15, -0.1) is 0 Å². The van der Waals surface area contributed by atoms with Crippen LogP contribution in [0.15, 0.2) is 30.3 Å². The first kappa shape index (κ1) is 17.2. The van der Waals surface area contributed by atoms with Gasteiger partial charge < -0.3 is 14.8 Å². The van der Waals surface area contributed by atoms with Gasteiger partial charge in [-0.1, -0.05) is 30.3 Å². The van der Waals surface area contributed by atoms with Gasteiger partial charge in [-0.2, -0.15) is 5.26 Å². The van der Waals surface area contributed by atoms with E-state index in [1.807, 2.05) is 30.3 Å². The fourth-order valence-corrected chi connectivity index (χ4v) is 1.80. The number of nitrogens with zero attached hydrogens (tertiary/aromatic N) is 1. The Morgan fingerprint density at radius 3 is 2.71 bits per heavy atom. The third-order valence-electron chi connectivity index (χ3n) is 2.95. The van der Waals surface area contributed by atoms with Crippen LogP contribution < -0.4 is 5.32 Å². The minimum Gasteiger partial charge on any atom is -0.382 e. The van der Waals surface area contributed by atoms with Crippen LogP contribution in [0.4, 0.5) is 0 Å². The maximum Gasteiger partial charge on any atom is 0.237 e. The van der Waals surface area contributed by atoms with Gasteiger partial charge in [0.1, 0.15) is 5.92 Å². The van der Waals surface area contributed by atoms with Crippen LogP contribution in [-0.2, 0) is 20.7 Å². The van der Waals surface area contributed by atoms with Gasteiger partial charge in [0.15, 0.2) is 0 Å². The summed E-state index contributed by atoms with van der Waals surface area (Å²) in [5.41, 5.74) is 0.988. The summed E-state index contributed by atoms with van der Waals surface area (Å²) in [5, 5.41) is 11.9. The summed E-state index contributed by atoms with van der Waals surface area (Å²) in [4.78, 5) is 11.9. The van der Waals surface area contributed by atoms with E-state index in [0.717, 1.165) is 12.0 Å². The number of ether oxygens (including phenoxy) is 2. The molecule has 0 spiro atoms. The van der Waals surface area contributed by atoms with Gasteiger partial charge in [0, 0.05) is 20.3 Å². The molecule has 5 nitrogen and oxygen atoms in total. The Morgan fingerprint density at radius 2 is 2.05 bits per heavy atom. The van der Waals surface area contributed by atoms with Crippen LogP contribution in [0, 0.1) is 17.2 Å². The maximum atomic E-state index is 11.9. The lowest BCUT2D eigenvalue weighted by molar-refractivity contribution is -0.123. The van der Waals surface area contributed by atoms with Gasteiger partial charge in [0.2, 0.25) is 5.91 Å². The standard InChI is InChI=1S/C16H22N2O3/c1-20-10-11-21-9-5-8-18-16(19)15(13-17)12-14-6-3-2-4-7-14/h2-4,6-7,15H,5,8-12H2,1H3,(H,18,19). The van der Waals surface area contributed by atoms with Crippen molar-refractivity contribution in [3.63, 3.8) is 0 Å². The number of rotatable bonds is 10. The average Bonchev–Trinajstić information content (AvgIpc) is 2.52. The fraction of sp³-hybridized carbons (Fsp3) is 0.500. The number of nitrogens with one attached hydrogen (secondary N) is 1. The second-order valence-electron chi connectivity index (χ2n) is 4.62. The molecular weight excluding hydrogens is 268 g/mol. The Morgan fingerprint density at radius 1 is 1.29 bits per heavy atom. The third kappa shape index (κ3) is 7.45. The van der Waals surface area contributed by atoms with Crippen LogP contribution in [0.3, 0.4) is 0 Å². The molecule has 0 saturated heterocycles. The number of carbonyl (C=O) groups excluding carboxylic acids is 1. The first-order chi connectivity index (χ1) is 10.3. The third-order valence-corrected chi connectivity index (χ3v) is 2.95. The minimum absolute atomic E-state index is 0.224. The Labute approximate surface area is 125 Å². The summed E-state index contributed by atoms with van der Waals surface area (Å²) in [6, 6.07) is 11.6. The van der Waals surface area contributed by atoms with Crippen molar-refractivity contribution < 1.29 is 14.3 Å². The van der Waals surface area contributed by atoms with Crippen molar-refractivity contribution in [1.29, 1.82) is 5.26 Å². The van der Waals surface area contributed by atoms with Gasteiger partial charge >= 0.3 is 0 Å². The van der Waals surface area contributed by atoms with Crippen LogP contribution in [0.25, 0.3) is 0 Å². The Balaban J connectivity index is 2.21. The summed E-state index contributed by atoms with van der Waals surface area (Å²) in [6.07, 6.45) is 1.16. The Bertz CT molecular complexity index is 443. The van der Waals surface area contributed by atoms with E-state index in [4.69, 9.17) is 14.7 Å². The van der Waals surface area contributed by atoms with Crippen LogP contribution in [0.5, 0.6) is 0 Å². The monoisotopic (exact) mass is 290 g/mol. The van der Waals surface area contributed by atoms with Crippen molar-refractivity contribution >= 4 is 5.91 Å². The van der Waals surface area contributed by atoms with Crippen LogP contribution in [0.2, 0.25) is 0 Å². The van der Waals surface area contributed by atoms with E-state index < -0.39 is 5.92 Å². The molecule has 0 heterocycles. The second kappa shape index (κ2) is 10.8. The lowest BCUT2D eigenvalue weighted by atomic mass is 10.00. The lowest BCUT2D eigenvalue weighted by Gasteiger charge is -2.10. The van der Waals surface area contributed by atoms with Gasteiger partial charge in [0.05, 0.1) is 19.3 Å². The molecule has 1 rings (SSSR count). The van der Waals surface area contributed by atoms with Crippen molar-refractivity contribution in [2.75, 3.05) is 33.5 Å². The Hall–Kier alpha value is -1.90. The predicted octanol–water partition coefficient (Wildman–Crippen LogP) is 1.54. The lowest BCUT2D eigenvalue weighted by Crippen LogP contribution is -2.32. The first-order valence-electron chi connectivity index (χ1n) is 7.06. The van der Waals surface area contributed by atoms with Gasteiger partial charge in [0.25, 0.3) is 0 Å². The quantitative estimate of drug-likeness (QED) is 0.663. The smallest absolute Gasteiger partial charge is 0.237 e. The number of hydrogen-bond acceptors (Lipinski definition) is 4. The van der Waals surface area contributed by atoms with E-state index in [1.165, 1.54) is 0 Å². The summed E-state index contributed by atoms with van der Waals surface area (Å²) in [5.74, 6) is -0.875. The molecule has 5 heteroatoms. The molecule has 1 aromatic carbocycles. The minimum atomic E-state index is -0.651. The fourth-order valence-electron chi connectivity index (χ4n) is 1.80. The van der Waals surface area contributed by atoms with Crippen molar-refractivity contribution in [1.82, 2.24) is 5.32 Å². The number of benzene rings is 1. The number of methoxy groups -OCH3 is 1. The second-order valence-corrected chi connectivity index (χ2v) is 4.62. The molecule has 0 bridgehead atoms. The van der Waals surface area contributed by atoms with Gasteiger partial charge in [-0.05, 0) is 18.4 Å². The van der Waals surface area contributed by atoms with E-state index in [-0.39, 0.29) is 5.91 Å². The molecule has 114 valence electrons. The molecule has 1 N–H and O–H groups in total. The molecule has 1 aromatic rings. The zero-order valence-corrected chi connectivity index (χ0v) is 12.4. The normalized spacial score (nSPS) is 11.6. The number of carbonyl (C=O) groups is 1. The summed E-state index contributed by atoms with van der Waals surface area (Å²) < 4.78 is 10.2. The van der Waals surface area contributed by atoms with Crippen molar-refractivity contribution in [3.05, 3.63) is 35.9 Å². The molecule has 1 unspecified atom stereocenters. The van der Waals surface area contributed by atoms with Crippen LogP contribution in [-0.4, -0.2) is 39.4 Å². The highest BCUT2D eigenvalue weighted by atomic mass is 16.5. The SMILES string of the molecule is COCCOCCCNC(=O)C(C#N)Cc1ccccc1. The van der Waals surface area contributed by atoms with Gasteiger partial charge in [-0.25, -0.2) is 0 Å². The van der Waals surface area contributed by atoms with Gasteiger partial charge in [-0.3, -0.25) is 4.79 Å². The Kier molecular flexibility index (Phi) is 8.85. The van der Waals surface area contributed by atoms with Crippen LogP contribution in [0.1, 0.15) is 12.0 Å². The number of nitriles is 1. The molecule has 0 aliphatic carbocycles. The highest BCUT2D eigenvalue weighted by molar-refractivity contribution is 5.81. The molecule has 0 aliphatic heterocycles. The van der Waals surface area contributed by atoms with E-state index in [1.54, 1.807) is 7.11 Å². The van der Waals surface area contributed by atoms with Crippen molar-refractivity contribution in [3.8, 4) is 6.07 Å². The number of hydrogen-bond donors (Lipinski definition) is 1. The molecular formula is C16H22N2O3. The highest BCUT2D eigenvalue weighted by Gasteiger charge is 2.17. The molecule has 21 heavy (non-hydrogen) atoms. The molecule has 1 amide bonds. The molecule has 0 fully saturated rings. The topological polar surface area (TPSA) is 71.3 Å².